The predicted octanol–water partition coefficient (Wildman–Crippen LogP) is 5.62. The first-order valence-corrected chi connectivity index (χ1v) is 11.6. The van der Waals surface area contributed by atoms with E-state index in [1.165, 1.54) is 12.3 Å². The Hall–Kier alpha value is -4.20. The first kappa shape index (κ1) is 24.9. The molecular formula is C27H20Cl2N4O3. The summed E-state index contributed by atoms with van der Waals surface area (Å²) in [7, 11) is 0. The lowest BCUT2D eigenvalue weighted by molar-refractivity contribution is -0.128. The summed E-state index contributed by atoms with van der Waals surface area (Å²) in [5.41, 5.74) is 5.09. The fraction of sp³-hybridized carbons (Fsp3) is 0.0370. The number of hydrazone groups is 1. The second-order valence-electron chi connectivity index (χ2n) is 7.57. The highest BCUT2D eigenvalue weighted by atomic mass is 35.5. The Morgan fingerprint density at radius 1 is 0.972 bits per heavy atom. The number of amides is 1. The Balaban J connectivity index is 1.27. The van der Waals surface area contributed by atoms with Gasteiger partial charge < -0.3 is 4.74 Å². The standard InChI is InChI=1S/C27H20Cl2N4O3/c28-22-10-9-21(24(29)16-22)18-33-15-14-25(32-33)27(35)31-30-17-20-6-11-23(12-7-20)36-26(34)13-8-19-4-2-1-3-5-19/h1-17H,18H2,(H,31,35)/b13-8+,30-17-. The minimum Gasteiger partial charge on any atom is -0.423 e. The topological polar surface area (TPSA) is 85.6 Å². The molecule has 4 aromatic rings. The number of nitrogens with zero attached hydrogens (tertiary/aromatic N) is 3. The van der Waals surface area contributed by atoms with Crippen molar-refractivity contribution < 1.29 is 14.3 Å². The zero-order valence-electron chi connectivity index (χ0n) is 18.8. The third-order valence-corrected chi connectivity index (χ3v) is 5.50. The Morgan fingerprint density at radius 2 is 1.75 bits per heavy atom. The van der Waals surface area contributed by atoms with Crippen molar-refractivity contribution in [2.75, 3.05) is 0 Å². The smallest absolute Gasteiger partial charge is 0.336 e. The van der Waals surface area contributed by atoms with Crippen molar-refractivity contribution >= 4 is 47.4 Å². The fourth-order valence-electron chi connectivity index (χ4n) is 3.12. The van der Waals surface area contributed by atoms with Crippen molar-refractivity contribution in [1.29, 1.82) is 0 Å². The number of carbonyl (C=O) groups excluding carboxylic acids is 2. The summed E-state index contributed by atoms with van der Waals surface area (Å²) in [5.74, 6) is -0.543. The van der Waals surface area contributed by atoms with Crippen LogP contribution in [-0.2, 0) is 11.3 Å². The second kappa shape index (κ2) is 12.0. The molecule has 0 radical (unpaired) electrons. The largest absolute Gasteiger partial charge is 0.423 e. The molecule has 1 heterocycles. The Morgan fingerprint density at radius 3 is 2.50 bits per heavy atom. The zero-order chi connectivity index (χ0) is 25.3. The molecule has 0 aliphatic rings. The number of carbonyl (C=O) groups is 2. The Labute approximate surface area is 217 Å². The molecule has 1 amide bonds. The molecule has 4 rings (SSSR count). The van der Waals surface area contributed by atoms with Gasteiger partial charge in [0.1, 0.15) is 5.75 Å². The van der Waals surface area contributed by atoms with Gasteiger partial charge in [-0.05, 0) is 65.2 Å². The van der Waals surface area contributed by atoms with Crippen LogP contribution in [0.4, 0.5) is 0 Å². The van der Waals surface area contributed by atoms with Gasteiger partial charge in [0.2, 0.25) is 0 Å². The first-order chi connectivity index (χ1) is 17.5. The van der Waals surface area contributed by atoms with Crippen molar-refractivity contribution in [1.82, 2.24) is 15.2 Å². The number of halogens is 2. The third kappa shape index (κ3) is 7.15. The highest BCUT2D eigenvalue weighted by molar-refractivity contribution is 6.35. The monoisotopic (exact) mass is 518 g/mol. The number of esters is 1. The lowest BCUT2D eigenvalue weighted by Crippen LogP contribution is -2.18. The van der Waals surface area contributed by atoms with Crippen LogP contribution in [0.1, 0.15) is 27.2 Å². The van der Waals surface area contributed by atoms with Crippen LogP contribution < -0.4 is 10.2 Å². The summed E-state index contributed by atoms with van der Waals surface area (Å²) in [6, 6.07) is 23.0. The van der Waals surface area contributed by atoms with Crippen LogP contribution in [0, 0.1) is 0 Å². The molecule has 180 valence electrons. The van der Waals surface area contributed by atoms with Crippen LogP contribution in [0.3, 0.4) is 0 Å². The summed E-state index contributed by atoms with van der Waals surface area (Å²) in [6.45, 7) is 0.394. The van der Waals surface area contributed by atoms with Crippen molar-refractivity contribution in [2.45, 2.75) is 6.54 Å². The van der Waals surface area contributed by atoms with E-state index in [2.05, 4.69) is 15.6 Å². The highest BCUT2D eigenvalue weighted by Gasteiger charge is 2.10. The van der Waals surface area contributed by atoms with Crippen LogP contribution in [0.5, 0.6) is 5.75 Å². The number of nitrogens with one attached hydrogen (secondary N) is 1. The summed E-state index contributed by atoms with van der Waals surface area (Å²) in [5, 5.41) is 9.29. The zero-order valence-corrected chi connectivity index (χ0v) is 20.4. The minimum absolute atomic E-state index is 0.211. The SMILES string of the molecule is O=C(/C=C/c1ccccc1)Oc1ccc(/C=N\NC(=O)c2ccn(Cc3ccc(Cl)cc3Cl)n2)cc1. The van der Waals surface area contributed by atoms with Crippen molar-refractivity contribution in [3.8, 4) is 5.75 Å². The van der Waals surface area contributed by atoms with E-state index in [1.54, 1.807) is 59.4 Å². The van der Waals surface area contributed by atoms with E-state index in [9.17, 15) is 9.59 Å². The van der Waals surface area contributed by atoms with Crippen molar-refractivity contribution in [3.05, 3.63) is 124 Å². The molecule has 0 atom stereocenters. The third-order valence-electron chi connectivity index (χ3n) is 4.91. The van der Waals surface area contributed by atoms with Gasteiger partial charge >= 0.3 is 5.97 Å². The number of benzene rings is 3. The molecule has 0 unspecified atom stereocenters. The van der Waals surface area contributed by atoms with Crippen LogP contribution >= 0.6 is 23.2 Å². The fourth-order valence-corrected chi connectivity index (χ4v) is 3.59. The number of ether oxygens (including phenoxy) is 1. The minimum atomic E-state index is -0.481. The van der Waals surface area contributed by atoms with E-state index in [0.29, 0.717) is 27.9 Å². The van der Waals surface area contributed by atoms with Gasteiger partial charge in [-0.3, -0.25) is 9.48 Å². The van der Waals surface area contributed by atoms with Crippen LogP contribution in [0.15, 0.2) is 96.2 Å². The van der Waals surface area contributed by atoms with E-state index >= 15 is 0 Å². The van der Waals surface area contributed by atoms with Crippen LogP contribution in [0.25, 0.3) is 6.08 Å². The number of rotatable bonds is 8. The van der Waals surface area contributed by atoms with Gasteiger partial charge in [0.25, 0.3) is 5.91 Å². The molecule has 1 aromatic heterocycles. The Kier molecular flexibility index (Phi) is 8.28. The average molecular weight is 519 g/mol. The summed E-state index contributed by atoms with van der Waals surface area (Å²) in [4.78, 5) is 24.3. The van der Waals surface area contributed by atoms with Gasteiger partial charge in [-0.25, -0.2) is 10.2 Å². The molecule has 0 aliphatic heterocycles. The van der Waals surface area contributed by atoms with Gasteiger partial charge in [-0.15, -0.1) is 0 Å². The number of hydrogen-bond donors (Lipinski definition) is 1. The van der Waals surface area contributed by atoms with E-state index in [1.807, 2.05) is 36.4 Å². The van der Waals surface area contributed by atoms with Gasteiger partial charge in [0.15, 0.2) is 5.69 Å². The summed E-state index contributed by atoms with van der Waals surface area (Å²) >= 11 is 12.1. The normalized spacial score (nSPS) is 11.2. The van der Waals surface area contributed by atoms with Crippen molar-refractivity contribution in [2.24, 2.45) is 5.10 Å². The molecular weight excluding hydrogens is 499 g/mol. The molecule has 0 aliphatic carbocycles. The lowest BCUT2D eigenvalue weighted by Gasteiger charge is -2.05. The molecule has 0 saturated heterocycles. The number of aromatic nitrogens is 2. The van der Waals surface area contributed by atoms with Gasteiger partial charge in [-0.1, -0.05) is 59.6 Å². The van der Waals surface area contributed by atoms with E-state index in [-0.39, 0.29) is 5.69 Å². The molecule has 7 nitrogen and oxygen atoms in total. The van der Waals surface area contributed by atoms with Crippen LogP contribution in [0.2, 0.25) is 10.0 Å². The highest BCUT2D eigenvalue weighted by Crippen LogP contribution is 2.21. The molecule has 9 heteroatoms. The molecule has 36 heavy (non-hydrogen) atoms. The molecule has 1 N–H and O–H groups in total. The first-order valence-electron chi connectivity index (χ1n) is 10.8. The van der Waals surface area contributed by atoms with E-state index < -0.39 is 11.9 Å². The van der Waals surface area contributed by atoms with Gasteiger partial charge in [-0.2, -0.15) is 10.2 Å². The molecule has 3 aromatic carbocycles. The molecule has 0 fully saturated rings. The Bertz CT molecular complexity index is 1410. The van der Waals surface area contributed by atoms with Gasteiger partial charge in [0.05, 0.1) is 12.8 Å². The maximum Gasteiger partial charge on any atom is 0.336 e. The second-order valence-corrected chi connectivity index (χ2v) is 8.41. The van der Waals surface area contributed by atoms with Gasteiger partial charge in [0, 0.05) is 22.3 Å². The summed E-state index contributed by atoms with van der Waals surface area (Å²) in [6.07, 6.45) is 6.20. The predicted molar refractivity (Wildman–Crippen MR) is 140 cm³/mol. The maximum atomic E-state index is 12.3. The quantitative estimate of drug-likeness (QED) is 0.108. The average Bonchev–Trinajstić information content (AvgIpc) is 3.35. The van der Waals surface area contributed by atoms with E-state index in [0.717, 1.165) is 11.1 Å². The van der Waals surface area contributed by atoms with Crippen molar-refractivity contribution in [3.63, 3.8) is 0 Å². The van der Waals surface area contributed by atoms with E-state index in [4.69, 9.17) is 27.9 Å². The maximum absolute atomic E-state index is 12.3. The molecule has 0 saturated carbocycles. The van der Waals surface area contributed by atoms with Crippen LogP contribution in [-0.4, -0.2) is 27.9 Å². The molecule has 0 spiro atoms. The molecule has 0 bridgehead atoms. The number of hydrogen-bond acceptors (Lipinski definition) is 5. The summed E-state index contributed by atoms with van der Waals surface area (Å²) < 4.78 is 6.88. The lowest BCUT2D eigenvalue weighted by atomic mass is 10.2.